The van der Waals surface area contributed by atoms with Gasteiger partial charge in [0.25, 0.3) is 0 Å². The van der Waals surface area contributed by atoms with Crippen molar-refractivity contribution < 1.29 is 0 Å². The van der Waals surface area contributed by atoms with Gasteiger partial charge in [-0.2, -0.15) is 0 Å². The van der Waals surface area contributed by atoms with E-state index in [-0.39, 0.29) is 11.4 Å². The number of nitrogens with one attached hydrogen (secondary N) is 1. The van der Waals surface area contributed by atoms with Gasteiger partial charge in [-0.25, -0.2) is 0 Å². The molecular formula is C15H24N4. The fraction of sp³-hybridized carbons (Fsp3) is 0.533. The fourth-order valence-corrected chi connectivity index (χ4v) is 2.57. The lowest BCUT2D eigenvalue weighted by atomic mass is 9.99. The van der Waals surface area contributed by atoms with Gasteiger partial charge in [0, 0.05) is 37.3 Å². The van der Waals surface area contributed by atoms with Gasteiger partial charge < -0.3 is 5.73 Å². The molecule has 2 rings (SSSR count). The summed E-state index contributed by atoms with van der Waals surface area (Å²) >= 11 is 0. The summed E-state index contributed by atoms with van der Waals surface area (Å²) in [6.45, 7) is 8.74. The molecule has 0 radical (unpaired) electrons. The van der Waals surface area contributed by atoms with Gasteiger partial charge in [0.1, 0.15) is 5.84 Å². The third-order valence-electron chi connectivity index (χ3n) is 4.04. The van der Waals surface area contributed by atoms with Crippen LogP contribution in [0.5, 0.6) is 0 Å². The van der Waals surface area contributed by atoms with Crippen LogP contribution in [0, 0.1) is 5.41 Å². The van der Waals surface area contributed by atoms with Crippen LogP contribution >= 0.6 is 0 Å². The third-order valence-corrected chi connectivity index (χ3v) is 4.04. The number of nitrogen functional groups attached to an aromatic ring is 1. The zero-order valence-electron chi connectivity index (χ0n) is 12.1. The summed E-state index contributed by atoms with van der Waals surface area (Å²) in [6, 6.07) is 8.00. The first-order valence-electron chi connectivity index (χ1n) is 6.75. The molecule has 0 amide bonds. The molecule has 104 valence electrons. The molecular weight excluding hydrogens is 236 g/mol. The third kappa shape index (κ3) is 3.33. The van der Waals surface area contributed by atoms with Crippen molar-refractivity contribution in [3.63, 3.8) is 0 Å². The van der Waals surface area contributed by atoms with Crippen molar-refractivity contribution in [3.05, 3.63) is 35.4 Å². The maximum Gasteiger partial charge on any atom is 0.122 e. The molecule has 4 heteroatoms. The van der Waals surface area contributed by atoms with Gasteiger partial charge in [-0.3, -0.25) is 15.2 Å². The highest BCUT2D eigenvalue weighted by Crippen LogP contribution is 2.20. The molecule has 1 aromatic carbocycles. The predicted molar refractivity (Wildman–Crippen MR) is 79.4 cm³/mol. The van der Waals surface area contributed by atoms with Crippen molar-refractivity contribution in [2.24, 2.45) is 5.73 Å². The van der Waals surface area contributed by atoms with Gasteiger partial charge >= 0.3 is 0 Å². The van der Waals surface area contributed by atoms with Gasteiger partial charge in [0.2, 0.25) is 0 Å². The molecule has 1 fully saturated rings. The first kappa shape index (κ1) is 14.0. The van der Waals surface area contributed by atoms with Crippen molar-refractivity contribution in [3.8, 4) is 0 Å². The molecule has 0 bridgehead atoms. The van der Waals surface area contributed by atoms with Crippen molar-refractivity contribution in [1.29, 1.82) is 5.41 Å². The molecule has 1 aromatic rings. The van der Waals surface area contributed by atoms with E-state index in [9.17, 15) is 0 Å². The number of likely N-dealkylation sites (N-methyl/N-ethyl adjacent to an activating group) is 1. The summed E-state index contributed by atoms with van der Waals surface area (Å²) in [7, 11) is 2.19. The molecule has 1 saturated heterocycles. The fourth-order valence-electron chi connectivity index (χ4n) is 2.57. The molecule has 3 N–H and O–H groups in total. The topological polar surface area (TPSA) is 56.4 Å². The Morgan fingerprint density at radius 2 is 2.11 bits per heavy atom. The zero-order chi connectivity index (χ0) is 14.0. The number of hydrogen-bond donors (Lipinski definition) is 2. The van der Waals surface area contributed by atoms with E-state index in [0.717, 1.165) is 31.7 Å². The summed E-state index contributed by atoms with van der Waals surface area (Å²) in [5.74, 6) is 0.139. The van der Waals surface area contributed by atoms with E-state index in [1.165, 1.54) is 5.56 Å². The molecule has 0 atom stereocenters. The van der Waals surface area contributed by atoms with E-state index in [1.807, 2.05) is 18.2 Å². The van der Waals surface area contributed by atoms with Crippen molar-refractivity contribution in [1.82, 2.24) is 9.80 Å². The smallest absolute Gasteiger partial charge is 0.122 e. The average molecular weight is 260 g/mol. The highest BCUT2D eigenvalue weighted by molar-refractivity contribution is 5.95. The highest BCUT2D eigenvalue weighted by atomic mass is 15.3. The minimum absolute atomic E-state index is 0.139. The second-order valence-electron chi connectivity index (χ2n) is 6.06. The molecule has 0 aliphatic carbocycles. The molecule has 0 aromatic heterocycles. The largest absolute Gasteiger partial charge is 0.384 e. The van der Waals surface area contributed by atoms with Crippen molar-refractivity contribution in [2.75, 3.05) is 26.7 Å². The highest BCUT2D eigenvalue weighted by Gasteiger charge is 2.30. The standard InChI is InChI=1S/C15H24N4/c1-15(2)11-19(8-7-18(15)3)10-12-5-4-6-13(9-12)14(16)17/h4-6,9H,7-8,10-11H2,1-3H3,(H3,16,17). The summed E-state index contributed by atoms with van der Waals surface area (Å²) in [5, 5.41) is 7.50. The summed E-state index contributed by atoms with van der Waals surface area (Å²) < 4.78 is 0. The summed E-state index contributed by atoms with van der Waals surface area (Å²) in [5.41, 5.74) is 7.80. The first-order valence-corrected chi connectivity index (χ1v) is 6.75. The molecule has 19 heavy (non-hydrogen) atoms. The quantitative estimate of drug-likeness (QED) is 0.639. The normalized spacial score (nSPS) is 20.4. The van der Waals surface area contributed by atoms with E-state index in [4.69, 9.17) is 11.1 Å². The molecule has 1 aliphatic heterocycles. The molecule has 0 unspecified atom stereocenters. The van der Waals surface area contributed by atoms with Crippen molar-refractivity contribution >= 4 is 5.84 Å². The van der Waals surface area contributed by atoms with Crippen LogP contribution in [0.2, 0.25) is 0 Å². The molecule has 0 saturated carbocycles. The SMILES string of the molecule is CN1CCN(Cc2cccc(C(=N)N)c2)CC1(C)C. The number of piperazine rings is 1. The Morgan fingerprint density at radius 1 is 1.37 bits per heavy atom. The maximum atomic E-state index is 7.50. The Bertz CT molecular complexity index is 467. The van der Waals surface area contributed by atoms with Gasteiger partial charge in [-0.05, 0) is 32.5 Å². The second-order valence-corrected chi connectivity index (χ2v) is 6.06. The number of rotatable bonds is 3. The Kier molecular flexibility index (Phi) is 3.92. The Hall–Kier alpha value is -1.39. The van der Waals surface area contributed by atoms with E-state index in [2.05, 4.69) is 36.8 Å². The minimum atomic E-state index is 0.139. The van der Waals surface area contributed by atoms with E-state index in [1.54, 1.807) is 0 Å². The van der Waals surface area contributed by atoms with Crippen LogP contribution in [-0.4, -0.2) is 47.9 Å². The predicted octanol–water partition coefficient (Wildman–Crippen LogP) is 1.50. The van der Waals surface area contributed by atoms with Gasteiger partial charge in [0.05, 0.1) is 0 Å². The number of hydrogen-bond acceptors (Lipinski definition) is 3. The van der Waals surface area contributed by atoms with Crippen LogP contribution < -0.4 is 5.73 Å². The van der Waals surface area contributed by atoms with Gasteiger partial charge in [-0.1, -0.05) is 18.2 Å². The summed E-state index contributed by atoms with van der Waals surface area (Å²) in [6.07, 6.45) is 0. The molecule has 1 aliphatic rings. The van der Waals surface area contributed by atoms with Crippen LogP contribution in [0.25, 0.3) is 0 Å². The monoisotopic (exact) mass is 260 g/mol. The molecule has 4 nitrogen and oxygen atoms in total. The van der Waals surface area contributed by atoms with E-state index < -0.39 is 0 Å². The van der Waals surface area contributed by atoms with Crippen LogP contribution in [0.3, 0.4) is 0 Å². The Balaban J connectivity index is 2.05. The maximum absolute atomic E-state index is 7.50. The first-order chi connectivity index (χ1) is 8.88. The lowest BCUT2D eigenvalue weighted by molar-refractivity contribution is 0.0360. The number of nitrogens with zero attached hydrogens (tertiary/aromatic N) is 2. The minimum Gasteiger partial charge on any atom is -0.384 e. The van der Waals surface area contributed by atoms with Crippen LogP contribution in [0.15, 0.2) is 24.3 Å². The van der Waals surface area contributed by atoms with E-state index >= 15 is 0 Å². The van der Waals surface area contributed by atoms with Gasteiger partial charge in [0.15, 0.2) is 0 Å². The van der Waals surface area contributed by atoms with Crippen molar-refractivity contribution in [2.45, 2.75) is 25.9 Å². The zero-order valence-corrected chi connectivity index (χ0v) is 12.1. The Labute approximate surface area is 115 Å². The van der Waals surface area contributed by atoms with E-state index in [0.29, 0.717) is 0 Å². The molecule has 0 spiro atoms. The van der Waals surface area contributed by atoms with Crippen LogP contribution in [-0.2, 0) is 6.54 Å². The second kappa shape index (κ2) is 5.31. The average Bonchev–Trinajstić information content (AvgIpc) is 2.34. The lowest BCUT2D eigenvalue weighted by Gasteiger charge is -2.45. The molecule has 1 heterocycles. The van der Waals surface area contributed by atoms with Gasteiger partial charge in [-0.15, -0.1) is 0 Å². The van der Waals surface area contributed by atoms with Crippen LogP contribution in [0.1, 0.15) is 25.0 Å². The lowest BCUT2D eigenvalue weighted by Crippen LogP contribution is -2.57. The number of amidine groups is 1. The summed E-state index contributed by atoms with van der Waals surface area (Å²) in [4.78, 5) is 4.88. The van der Waals surface area contributed by atoms with Crippen LogP contribution in [0.4, 0.5) is 0 Å². The number of nitrogens with two attached hydrogens (primary N) is 1. The Morgan fingerprint density at radius 3 is 2.74 bits per heavy atom. The number of benzene rings is 1.